The molecular formula is C26H23N3O2. The van der Waals surface area contributed by atoms with Crippen molar-refractivity contribution in [2.75, 3.05) is 5.32 Å². The summed E-state index contributed by atoms with van der Waals surface area (Å²) in [5, 5.41) is 13.5. The molecule has 0 aliphatic carbocycles. The second-order valence-corrected chi connectivity index (χ2v) is 8.30. The predicted octanol–water partition coefficient (Wildman–Crippen LogP) is 6.71. The van der Waals surface area contributed by atoms with Gasteiger partial charge in [0.1, 0.15) is 5.60 Å². The monoisotopic (exact) mass is 409 g/mol. The molecule has 0 bridgehead atoms. The number of nitriles is 1. The molecule has 1 N–H and O–H groups in total. The molecule has 154 valence electrons. The van der Waals surface area contributed by atoms with Gasteiger partial charge >= 0.3 is 6.09 Å². The zero-order chi connectivity index (χ0) is 22.0. The fourth-order valence-corrected chi connectivity index (χ4v) is 3.40. The predicted molar refractivity (Wildman–Crippen MR) is 123 cm³/mol. The van der Waals surface area contributed by atoms with Crippen LogP contribution in [-0.4, -0.2) is 16.3 Å². The number of nitrogens with one attached hydrogen (secondary N) is 1. The third-order valence-electron chi connectivity index (χ3n) is 4.75. The van der Waals surface area contributed by atoms with Gasteiger partial charge in [-0.1, -0.05) is 36.4 Å². The molecule has 0 saturated carbocycles. The van der Waals surface area contributed by atoms with Gasteiger partial charge < -0.3 is 10.1 Å². The van der Waals surface area contributed by atoms with E-state index in [-0.39, 0.29) is 0 Å². The first kappa shape index (κ1) is 20.2. The number of anilines is 2. The standard InChI is InChI=1S/C26H23N3O2/c1-26(2,3)31-25(30)29-23-15-18(17-27)9-10-20(23)16-24(29)19-11-13-22(14-12-19)28-21-7-5-4-6-8-21/h4-16,28H,1-3H3. The van der Waals surface area contributed by atoms with Gasteiger partial charge in [0, 0.05) is 16.8 Å². The van der Waals surface area contributed by atoms with Crippen molar-refractivity contribution in [1.82, 2.24) is 4.57 Å². The molecule has 5 nitrogen and oxygen atoms in total. The topological polar surface area (TPSA) is 67.0 Å². The highest BCUT2D eigenvalue weighted by Crippen LogP contribution is 2.31. The van der Waals surface area contributed by atoms with Crippen LogP contribution in [0, 0.1) is 11.3 Å². The zero-order valence-corrected chi connectivity index (χ0v) is 17.7. The van der Waals surface area contributed by atoms with E-state index in [1.165, 1.54) is 0 Å². The molecule has 3 aromatic carbocycles. The van der Waals surface area contributed by atoms with Crippen molar-refractivity contribution in [3.05, 3.63) is 84.4 Å². The summed E-state index contributed by atoms with van der Waals surface area (Å²) >= 11 is 0. The zero-order valence-electron chi connectivity index (χ0n) is 17.7. The SMILES string of the molecule is CC(C)(C)OC(=O)n1c(-c2ccc(Nc3ccccc3)cc2)cc2ccc(C#N)cc21. The van der Waals surface area contributed by atoms with Gasteiger partial charge in [0.25, 0.3) is 0 Å². The molecule has 0 fully saturated rings. The number of rotatable bonds is 3. The van der Waals surface area contributed by atoms with Crippen molar-refractivity contribution in [1.29, 1.82) is 5.26 Å². The number of hydrogen-bond acceptors (Lipinski definition) is 4. The number of ether oxygens (including phenoxy) is 1. The maximum Gasteiger partial charge on any atom is 0.419 e. The van der Waals surface area contributed by atoms with Crippen molar-refractivity contribution in [2.24, 2.45) is 0 Å². The number of nitrogens with zero attached hydrogens (tertiary/aromatic N) is 2. The summed E-state index contributed by atoms with van der Waals surface area (Å²) in [7, 11) is 0. The second kappa shape index (κ2) is 8.00. The minimum absolute atomic E-state index is 0.473. The van der Waals surface area contributed by atoms with E-state index in [4.69, 9.17) is 4.74 Å². The van der Waals surface area contributed by atoms with Crippen LogP contribution in [0.5, 0.6) is 0 Å². The molecule has 1 aromatic heterocycles. The van der Waals surface area contributed by atoms with Gasteiger partial charge in [0.15, 0.2) is 0 Å². The highest BCUT2D eigenvalue weighted by Gasteiger charge is 2.23. The molecular weight excluding hydrogens is 386 g/mol. The molecule has 0 amide bonds. The summed E-state index contributed by atoms with van der Waals surface area (Å²) in [6.45, 7) is 5.50. The Hall–Kier alpha value is -4.04. The summed E-state index contributed by atoms with van der Waals surface area (Å²) in [6.07, 6.45) is -0.473. The quantitative estimate of drug-likeness (QED) is 0.408. The van der Waals surface area contributed by atoms with E-state index in [2.05, 4.69) is 11.4 Å². The van der Waals surface area contributed by atoms with E-state index in [9.17, 15) is 10.1 Å². The van der Waals surface area contributed by atoms with Crippen molar-refractivity contribution in [3.63, 3.8) is 0 Å². The Balaban J connectivity index is 1.76. The second-order valence-electron chi connectivity index (χ2n) is 8.30. The number of carbonyl (C=O) groups excluding carboxylic acids is 1. The van der Waals surface area contributed by atoms with Crippen LogP contribution in [0.1, 0.15) is 26.3 Å². The van der Waals surface area contributed by atoms with Crippen LogP contribution in [-0.2, 0) is 4.74 Å². The van der Waals surface area contributed by atoms with Crippen LogP contribution < -0.4 is 5.32 Å². The Labute approximate surface area is 181 Å². The lowest BCUT2D eigenvalue weighted by molar-refractivity contribution is 0.0547. The summed E-state index contributed by atoms with van der Waals surface area (Å²) in [6, 6.07) is 27.2. The molecule has 0 spiro atoms. The summed E-state index contributed by atoms with van der Waals surface area (Å²) < 4.78 is 7.20. The first-order chi connectivity index (χ1) is 14.8. The Morgan fingerprint density at radius 3 is 2.26 bits per heavy atom. The molecule has 5 heteroatoms. The maximum atomic E-state index is 13.1. The van der Waals surface area contributed by atoms with E-state index in [0.29, 0.717) is 16.8 Å². The van der Waals surface area contributed by atoms with Gasteiger partial charge in [-0.3, -0.25) is 0 Å². The number of benzene rings is 3. The third-order valence-corrected chi connectivity index (χ3v) is 4.75. The van der Waals surface area contributed by atoms with Gasteiger partial charge in [-0.15, -0.1) is 0 Å². The molecule has 4 rings (SSSR count). The summed E-state index contributed by atoms with van der Waals surface area (Å²) in [5.41, 5.74) is 4.04. The number of aromatic nitrogens is 1. The molecule has 1 heterocycles. The van der Waals surface area contributed by atoms with Crippen LogP contribution in [0.25, 0.3) is 22.2 Å². The van der Waals surface area contributed by atoms with Crippen LogP contribution in [0.3, 0.4) is 0 Å². The van der Waals surface area contributed by atoms with Crippen molar-refractivity contribution in [3.8, 4) is 17.3 Å². The van der Waals surface area contributed by atoms with Crippen molar-refractivity contribution < 1.29 is 9.53 Å². The first-order valence-corrected chi connectivity index (χ1v) is 10.1. The van der Waals surface area contributed by atoms with Crippen LogP contribution in [0.15, 0.2) is 78.9 Å². The lowest BCUT2D eigenvalue weighted by atomic mass is 10.1. The van der Waals surface area contributed by atoms with Gasteiger partial charge in [0.05, 0.1) is 22.8 Å². The molecule has 0 aliphatic rings. The van der Waals surface area contributed by atoms with E-state index in [0.717, 1.165) is 22.3 Å². The van der Waals surface area contributed by atoms with Crippen molar-refractivity contribution >= 4 is 28.4 Å². The van der Waals surface area contributed by atoms with Crippen LogP contribution >= 0.6 is 0 Å². The average molecular weight is 409 g/mol. The van der Waals surface area contributed by atoms with Gasteiger partial charge in [0.2, 0.25) is 0 Å². The lowest BCUT2D eigenvalue weighted by Gasteiger charge is -2.21. The number of fused-ring (bicyclic) bond motifs is 1. The normalized spacial score (nSPS) is 11.2. The van der Waals surface area contributed by atoms with E-state index in [1.807, 2.05) is 87.5 Å². The Bertz CT molecular complexity index is 1270. The maximum absolute atomic E-state index is 13.1. The Kier molecular flexibility index (Phi) is 5.22. The molecule has 0 radical (unpaired) electrons. The first-order valence-electron chi connectivity index (χ1n) is 10.1. The summed E-state index contributed by atoms with van der Waals surface area (Å²) in [5.74, 6) is 0. The highest BCUT2D eigenvalue weighted by molar-refractivity contribution is 5.97. The number of carbonyl (C=O) groups is 1. The number of para-hydroxylation sites is 1. The summed E-state index contributed by atoms with van der Waals surface area (Å²) in [4.78, 5) is 13.1. The van der Waals surface area contributed by atoms with Crippen molar-refractivity contribution in [2.45, 2.75) is 26.4 Å². The fraction of sp³-hybridized carbons (Fsp3) is 0.154. The molecule has 0 atom stereocenters. The minimum Gasteiger partial charge on any atom is -0.443 e. The minimum atomic E-state index is -0.638. The van der Waals surface area contributed by atoms with Crippen LogP contribution in [0.2, 0.25) is 0 Å². The molecule has 4 aromatic rings. The smallest absolute Gasteiger partial charge is 0.419 e. The molecule has 31 heavy (non-hydrogen) atoms. The average Bonchev–Trinajstić information content (AvgIpc) is 3.12. The molecule has 0 unspecified atom stereocenters. The molecule has 0 aliphatic heterocycles. The Morgan fingerprint density at radius 2 is 1.61 bits per heavy atom. The fourth-order valence-electron chi connectivity index (χ4n) is 3.40. The highest BCUT2D eigenvalue weighted by atomic mass is 16.6. The molecule has 0 saturated heterocycles. The van der Waals surface area contributed by atoms with Crippen LogP contribution in [0.4, 0.5) is 16.2 Å². The largest absolute Gasteiger partial charge is 0.443 e. The van der Waals surface area contributed by atoms with Gasteiger partial charge in [-0.05, 0) is 68.8 Å². The van der Waals surface area contributed by atoms with Gasteiger partial charge in [-0.25, -0.2) is 9.36 Å². The van der Waals surface area contributed by atoms with Gasteiger partial charge in [-0.2, -0.15) is 5.26 Å². The number of hydrogen-bond donors (Lipinski definition) is 1. The lowest BCUT2D eigenvalue weighted by Crippen LogP contribution is -2.27. The van der Waals surface area contributed by atoms with E-state index < -0.39 is 11.7 Å². The van der Waals surface area contributed by atoms with E-state index >= 15 is 0 Å². The third kappa shape index (κ3) is 4.44. The van der Waals surface area contributed by atoms with E-state index in [1.54, 1.807) is 16.7 Å². The Morgan fingerprint density at radius 1 is 0.935 bits per heavy atom.